The van der Waals surface area contributed by atoms with Crippen molar-refractivity contribution in [3.05, 3.63) is 54.1 Å². The highest BCUT2D eigenvalue weighted by Gasteiger charge is 2.07. The molecule has 112 valence electrons. The molecule has 0 aliphatic carbocycles. The fourth-order valence-electron chi connectivity index (χ4n) is 1.97. The summed E-state index contributed by atoms with van der Waals surface area (Å²) >= 11 is 0. The topological polar surface area (TPSA) is 50.7 Å². The van der Waals surface area contributed by atoms with Gasteiger partial charge in [-0.05, 0) is 36.8 Å². The molecule has 0 heterocycles. The zero-order chi connectivity index (χ0) is 15.1. The molecule has 1 unspecified atom stereocenters. The van der Waals surface area contributed by atoms with Crippen LogP contribution in [0.5, 0.6) is 11.5 Å². The maximum atomic E-state index is 9.98. The second-order valence-corrected chi connectivity index (χ2v) is 4.86. The summed E-state index contributed by atoms with van der Waals surface area (Å²) in [7, 11) is 1.62. The predicted octanol–water partition coefficient (Wildman–Crippen LogP) is 2.86. The first kappa shape index (κ1) is 15.2. The third-order valence-corrected chi connectivity index (χ3v) is 3.07. The van der Waals surface area contributed by atoms with Crippen molar-refractivity contribution in [2.75, 3.05) is 25.6 Å². The molecule has 2 aromatic rings. The molecule has 2 aromatic carbocycles. The van der Waals surface area contributed by atoms with Gasteiger partial charge in [-0.25, -0.2) is 0 Å². The number of benzene rings is 2. The molecule has 0 aliphatic heterocycles. The lowest BCUT2D eigenvalue weighted by Crippen LogP contribution is -2.26. The van der Waals surface area contributed by atoms with Crippen molar-refractivity contribution in [2.24, 2.45) is 0 Å². The molecule has 0 bridgehead atoms. The molecule has 2 rings (SSSR count). The number of anilines is 1. The minimum atomic E-state index is -0.601. The van der Waals surface area contributed by atoms with Crippen LogP contribution in [0.2, 0.25) is 0 Å². The molecule has 2 N–H and O–H groups in total. The first-order valence-electron chi connectivity index (χ1n) is 6.93. The molecule has 0 aliphatic rings. The van der Waals surface area contributed by atoms with Crippen LogP contribution in [0.4, 0.5) is 5.69 Å². The number of para-hydroxylation sites is 2. The zero-order valence-corrected chi connectivity index (χ0v) is 12.4. The van der Waals surface area contributed by atoms with Gasteiger partial charge in [-0.15, -0.1) is 0 Å². The van der Waals surface area contributed by atoms with Gasteiger partial charge in [-0.3, -0.25) is 0 Å². The smallest absolute Gasteiger partial charge is 0.141 e. The van der Waals surface area contributed by atoms with Gasteiger partial charge >= 0.3 is 0 Å². The van der Waals surface area contributed by atoms with E-state index >= 15 is 0 Å². The Kier molecular flexibility index (Phi) is 5.46. The zero-order valence-electron chi connectivity index (χ0n) is 12.4. The third-order valence-electron chi connectivity index (χ3n) is 3.07. The van der Waals surface area contributed by atoms with Gasteiger partial charge < -0.3 is 19.9 Å². The standard InChI is InChI=1S/C17H21NO3/c1-13-6-5-7-15(10-13)21-12-14(19)11-18-16-8-3-4-9-17(16)20-2/h3-10,14,18-19H,11-12H2,1-2H3. The number of aryl methyl sites for hydroxylation is 1. The molecule has 1 atom stereocenters. The number of aliphatic hydroxyl groups excluding tert-OH is 1. The highest BCUT2D eigenvalue weighted by atomic mass is 16.5. The van der Waals surface area contributed by atoms with E-state index in [0.29, 0.717) is 6.54 Å². The van der Waals surface area contributed by atoms with Crippen LogP contribution in [0.1, 0.15) is 5.56 Å². The number of hydrogen-bond donors (Lipinski definition) is 2. The van der Waals surface area contributed by atoms with Gasteiger partial charge in [0.1, 0.15) is 24.2 Å². The Hall–Kier alpha value is -2.20. The molecule has 0 aromatic heterocycles. The normalized spacial score (nSPS) is 11.8. The quantitative estimate of drug-likeness (QED) is 0.822. The van der Waals surface area contributed by atoms with E-state index in [-0.39, 0.29) is 6.61 Å². The van der Waals surface area contributed by atoms with E-state index in [9.17, 15) is 5.11 Å². The number of methoxy groups -OCH3 is 1. The Bertz CT molecular complexity index is 571. The van der Waals surface area contributed by atoms with Gasteiger partial charge in [0.15, 0.2) is 0 Å². The SMILES string of the molecule is COc1ccccc1NCC(O)COc1cccc(C)c1. The van der Waals surface area contributed by atoms with E-state index in [1.165, 1.54) is 0 Å². The minimum Gasteiger partial charge on any atom is -0.495 e. The van der Waals surface area contributed by atoms with Gasteiger partial charge in [-0.2, -0.15) is 0 Å². The van der Waals surface area contributed by atoms with E-state index in [4.69, 9.17) is 9.47 Å². The fourth-order valence-corrected chi connectivity index (χ4v) is 1.97. The van der Waals surface area contributed by atoms with Gasteiger partial charge in [-0.1, -0.05) is 24.3 Å². The number of hydrogen-bond acceptors (Lipinski definition) is 4. The molecular formula is C17H21NO3. The van der Waals surface area contributed by atoms with Crippen LogP contribution >= 0.6 is 0 Å². The summed E-state index contributed by atoms with van der Waals surface area (Å²) in [6.45, 7) is 2.64. The summed E-state index contributed by atoms with van der Waals surface area (Å²) in [6.07, 6.45) is -0.601. The monoisotopic (exact) mass is 287 g/mol. The Labute approximate surface area is 125 Å². The van der Waals surface area contributed by atoms with Crippen LogP contribution in [0.25, 0.3) is 0 Å². The molecule has 0 radical (unpaired) electrons. The van der Waals surface area contributed by atoms with Crippen molar-refractivity contribution < 1.29 is 14.6 Å². The minimum absolute atomic E-state index is 0.242. The Morgan fingerprint density at radius 3 is 2.71 bits per heavy atom. The van der Waals surface area contributed by atoms with Gasteiger partial charge in [0.05, 0.1) is 12.8 Å². The number of rotatable bonds is 7. The van der Waals surface area contributed by atoms with Crippen LogP contribution < -0.4 is 14.8 Å². The molecule has 0 saturated heterocycles. The molecule has 4 nitrogen and oxygen atoms in total. The van der Waals surface area contributed by atoms with Crippen LogP contribution in [-0.4, -0.2) is 31.5 Å². The Morgan fingerprint density at radius 1 is 1.14 bits per heavy atom. The summed E-state index contributed by atoms with van der Waals surface area (Å²) in [4.78, 5) is 0. The van der Waals surface area contributed by atoms with Crippen molar-refractivity contribution in [3.63, 3.8) is 0 Å². The molecule has 0 saturated carbocycles. The second kappa shape index (κ2) is 7.55. The maximum absolute atomic E-state index is 9.98. The lowest BCUT2D eigenvalue weighted by Gasteiger charge is -2.15. The van der Waals surface area contributed by atoms with Crippen molar-refractivity contribution in [1.82, 2.24) is 0 Å². The van der Waals surface area contributed by atoms with Crippen LogP contribution in [0, 0.1) is 6.92 Å². The number of ether oxygens (including phenoxy) is 2. The van der Waals surface area contributed by atoms with E-state index in [1.807, 2.05) is 55.5 Å². The van der Waals surface area contributed by atoms with E-state index in [1.54, 1.807) is 7.11 Å². The Balaban J connectivity index is 1.81. The highest BCUT2D eigenvalue weighted by molar-refractivity contribution is 5.56. The van der Waals surface area contributed by atoms with Gasteiger partial charge in [0.2, 0.25) is 0 Å². The van der Waals surface area contributed by atoms with Crippen molar-refractivity contribution >= 4 is 5.69 Å². The summed E-state index contributed by atoms with van der Waals surface area (Å²) in [5.41, 5.74) is 1.99. The van der Waals surface area contributed by atoms with Crippen molar-refractivity contribution in [3.8, 4) is 11.5 Å². The number of nitrogens with one attached hydrogen (secondary N) is 1. The molecule has 0 amide bonds. The predicted molar refractivity (Wildman–Crippen MR) is 84.2 cm³/mol. The first-order chi connectivity index (χ1) is 10.2. The van der Waals surface area contributed by atoms with Gasteiger partial charge in [0.25, 0.3) is 0 Å². The molecule has 21 heavy (non-hydrogen) atoms. The van der Waals surface area contributed by atoms with E-state index < -0.39 is 6.10 Å². The summed E-state index contributed by atoms with van der Waals surface area (Å²) in [6, 6.07) is 15.4. The van der Waals surface area contributed by atoms with Crippen LogP contribution in [0.15, 0.2) is 48.5 Å². The summed E-state index contributed by atoms with van der Waals surface area (Å²) in [5, 5.41) is 13.1. The third kappa shape index (κ3) is 4.68. The summed E-state index contributed by atoms with van der Waals surface area (Å²) < 4.78 is 10.8. The molecule has 0 fully saturated rings. The van der Waals surface area contributed by atoms with Crippen LogP contribution in [0.3, 0.4) is 0 Å². The molecule has 4 heteroatoms. The van der Waals surface area contributed by atoms with E-state index in [2.05, 4.69) is 5.32 Å². The molecule has 0 spiro atoms. The average molecular weight is 287 g/mol. The molecular weight excluding hydrogens is 266 g/mol. The summed E-state index contributed by atoms with van der Waals surface area (Å²) in [5.74, 6) is 1.52. The van der Waals surface area contributed by atoms with Gasteiger partial charge in [0, 0.05) is 6.54 Å². The largest absolute Gasteiger partial charge is 0.495 e. The second-order valence-electron chi connectivity index (χ2n) is 4.86. The highest BCUT2D eigenvalue weighted by Crippen LogP contribution is 2.22. The van der Waals surface area contributed by atoms with Crippen LogP contribution in [-0.2, 0) is 0 Å². The lowest BCUT2D eigenvalue weighted by atomic mass is 10.2. The number of aliphatic hydroxyl groups is 1. The Morgan fingerprint density at radius 2 is 1.95 bits per heavy atom. The van der Waals surface area contributed by atoms with Crippen molar-refractivity contribution in [1.29, 1.82) is 0 Å². The maximum Gasteiger partial charge on any atom is 0.141 e. The fraction of sp³-hybridized carbons (Fsp3) is 0.294. The van der Waals surface area contributed by atoms with Crippen molar-refractivity contribution in [2.45, 2.75) is 13.0 Å². The average Bonchev–Trinajstić information content (AvgIpc) is 2.51. The van der Waals surface area contributed by atoms with E-state index in [0.717, 1.165) is 22.7 Å². The lowest BCUT2D eigenvalue weighted by molar-refractivity contribution is 0.117. The first-order valence-corrected chi connectivity index (χ1v) is 6.93.